The summed E-state index contributed by atoms with van der Waals surface area (Å²) >= 11 is 1.85. The normalized spacial score (nSPS) is 14.8. The molecule has 0 fully saturated rings. The van der Waals surface area contributed by atoms with Gasteiger partial charge in [-0.1, -0.05) is 17.7 Å². The van der Waals surface area contributed by atoms with Gasteiger partial charge in [0.15, 0.2) is 0 Å². The van der Waals surface area contributed by atoms with Crippen molar-refractivity contribution in [1.82, 2.24) is 0 Å². The van der Waals surface area contributed by atoms with E-state index in [1.54, 1.807) is 0 Å². The minimum atomic E-state index is -0.423. The first-order valence-electron chi connectivity index (χ1n) is 5.63. The van der Waals surface area contributed by atoms with Crippen molar-refractivity contribution in [1.29, 1.82) is 0 Å². The van der Waals surface area contributed by atoms with Crippen LogP contribution in [0.3, 0.4) is 0 Å². The van der Waals surface area contributed by atoms with Crippen LogP contribution in [-0.4, -0.2) is 23.0 Å². The average molecular weight is 239 g/mol. The summed E-state index contributed by atoms with van der Waals surface area (Å²) in [5, 5.41) is 9.01. The SMILES string of the molecule is Cc1cccc(SCCCC(C)(N)CO)c1. The van der Waals surface area contributed by atoms with Gasteiger partial charge in [-0.2, -0.15) is 0 Å². The molecule has 1 aromatic carbocycles. The lowest BCUT2D eigenvalue weighted by Crippen LogP contribution is -2.40. The molecular formula is C13H21NOS. The first-order chi connectivity index (χ1) is 7.53. The average Bonchev–Trinajstić information content (AvgIpc) is 2.25. The second-order valence-corrected chi connectivity index (χ2v) is 5.75. The van der Waals surface area contributed by atoms with Gasteiger partial charge in [0.2, 0.25) is 0 Å². The Bertz CT molecular complexity index is 325. The Morgan fingerprint density at radius 2 is 2.19 bits per heavy atom. The predicted molar refractivity (Wildman–Crippen MR) is 70.8 cm³/mol. The van der Waals surface area contributed by atoms with Gasteiger partial charge in [-0.3, -0.25) is 0 Å². The molecule has 3 heteroatoms. The van der Waals surface area contributed by atoms with E-state index < -0.39 is 5.54 Å². The first kappa shape index (κ1) is 13.6. The fourth-order valence-electron chi connectivity index (χ4n) is 1.45. The maximum absolute atomic E-state index is 9.01. The maximum Gasteiger partial charge on any atom is 0.0608 e. The zero-order valence-corrected chi connectivity index (χ0v) is 10.9. The number of aryl methyl sites for hydroxylation is 1. The van der Waals surface area contributed by atoms with Crippen LogP contribution in [-0.2, 0) is 0 Å². The maximum atomic E-state index is 9.01. The van der Waals surface area contributed by atoms with Crippen molar-refractivity contribution in [3.63, 3.8) is 0 Å². The van der Waals surface area contributed by atoms with Crippen LogP contribution in [0.15, 0.2) is 29.2 Å². The molecule has 1 aromatic rings. The zero-order chi connectivity index (χ0) is 12.0. The third kappa shape index (κ3) is 5.01. The molecule has 16 heavy (non-hydrogen) atoms. The number of aliphatic hydroxyl groups is 1. The Balaban J connectivity index is 2.26. The monoisotopic (exact) mass is 239 g/mol. The Kier molecular flexibility index (Phi) is 5.32. The quantitative estimate of drug-likeness (QED) is 0.592. The lowest BCUT2D eigenvalue weighted by Gasteiger charge is -2.21. The van der Waals surface area contributed by atoms with E-state index in [4.69, 9.17) is 10.8 Å². The van der Waals surface area contributed by atoms with Crippen molar-refractivity contribution >= 4 is 11.8 Å². The van der Waals surface area contributed by atoms with E-state index in [1.165, 1.54) is 10.5 Å². The minimum Gasteiger partial charge on any atom is -0.394 e. The van der Waals surface area contributed by atoms with Crippen LogP contribution in [0.1, 0.15) is 25.3 Å². The van der Waals surface area contributed by atoms with Crippen molar-refractivity contribution in [2.45, 2.75) is 37.1 Å². The molecule has 0 spiro atoms. The van der Waals surface area contributed by atoms with Gasteiger partial charge in [0.1, 0.15) is 0 Å². The van der Waals surface area contributed by atoms with E-state index in [0.717, 1.165) is 18.6 Å². The van der Waals surface area contributed by atoms with Crippen LogP contribution in [0.2, 0.25) is 0 Å². The van der Waals surface area contributed by atoms with Crippen molar-refractivity contribution in [2.24, 2.45) is 5.73 Å². The Hall–Kier alpha value is -0.510. The summed E-state index contributed by atoms with van der Waals surface area (Å²) in [6.45, 7) is 4.05. The summed E-state index contributed by atoms with van der Waals surface area (Å²) in [6, 6.07) is 8.51. The van der Waals surface area contributed by atoms with Crippen LogP contribution < -0.4 is 5.73 Å². The lowest BCUT2D eigenvalue weighted by atomic mass is 9.99. The largest absolute Gasteiger partial charge is 0.394 e. The van der Waals surface area contributed by atoms with Crippen molar-refractivity contribution in [3.05, 3.63) is 29.8 Å². The summed E-state index contributed by atoms with van der Waals surface area (Å²) in [6.07, 6.45) is 1.90. The molecule has 0 radical (unpaired) electrons. The molecule has 1 rings (SSSR count). The van der Waals surface area contributed by atoms with Gasteiger partial charge in [-0.05, 0) is 44.6 Å². The third-order valence-corrected chi connectivity index (χ3v) is 3.59. The molecule has 2 nitrogen and oxygen atoms in total. The molecule has 0 amide bonds. The molecule has 1 unspecified atom stereocenters. The molecule has 0 aliphatic heterocycles. The van der Waals surface area contributed by atoms with Crippen LogP contribution in [0, 0.1) is 6.92 Å². The fourth-order valence-corrected chi connectivity index (χ4v) is 2.42. The number of rotatable bonds is 6. The number of thioether (sulfide) groups is 1. The Labute approximate surface area is 102 Å². The molecule has 3 N–H and O–H groups in total. The standard InChI is InChI=1S/C13H21NOS/c1-11-5-3-6-12(9-11)16-8-4-7-13(2,14)10-15/h3,5-6,9,15H,4,7-8,10,14H2,1-2H3. The van der Waals surface area contributed by atoms with Gasteiger partial charge in [0.25, 0.3) is 0 Å². The van der Waals surface area contributed by atoms with Crippen molar-refractivity contribution < 1.29 is 5.11 Å². The summed E-state index contributed by atoms with van der Waals surface area (Å²) in [4.78, 5) is 1.31. The molecule has 90 valence electrons. The predicted octanol–water partition coefficient (Wildman–Crippen LogP) is 2.58. The zero-order valence-electron chi connectivity index (χ0n) is 10.1. The second-order valence-electron chi connectivity index (χ2n) is 4.58. The molecule has 0 aliphatic rings. The number of benzene rings is 1. The molecule has 0 aromatic heterocycles. The number of hydrogen-bond donors (Lipinski definition) is 2. The summed E-state index contributed by atoms with van der Waals surface area (Å²) in [5.41, 5.74) is 6.73. The van der Waals surface area contributed by atoms with E-state index >= 15 is 0 Å². The minimum absolute atomic E-state index is 0.0577. The number of nitrogens with two attached hydrogens (primary N) is 1. The highest BCUT2D eigenvalue weighted by Crippen LogP contribution is 2.21. The van der Waals surface area contributed by atoms with Crippen molar-refractivity contribution in [2.75, 3.05) is 12.4 Å². The molecule has 0 saturated carbocycles. The van der Waals surface area contributed by atoms with Crippen LogP contribution in [0.25, 0.3) is 0 Å². The second kappa shape index (κ2) is 6.28. The number of aliphatic hydroxyl groups excluding tert-OH is 1. The van der Waals surface area contributed by atoms with Gasteiger partial charge >= 0.3 is 0 Å². The van der Waals surface area contributed by atoms with Gasteiger partial charge in [0, 0.05) is 10.4 Å². The third-order valence-electron chi connectivity index (χ3n) is 2.51. The summed E-state index contributed by atoms with van der Waals surface area (Å²) in [7, 11) is 0. The molecule has 0 bridgehead atoms. The lowest BCUT2D eigenvalue weighted by molar-refractivity contribution is 0.200. The van der Waals surface area contributed by atoms with E-state index in [1.807, 2.05) is 18.7 Å². The highest BCUT2D eigenvalue weighted by molar-refractivity contribution is 7.99. The van der Waals surface area contributed by atoms with Crippen LogP contribution in [0.5, 0.6) is 0 Å². The van der Waals surface area contributed by atoms with E-state index in [2.05, 4.69) is 31.2 Å². The van der Waals surface area contributed by atoms with E-state index in [0.29, 0.717) is 0 Å². The van der Waals surface area contributed by atoms with Gasteiger partial charge in [-0.15, -0.1) is 11.8 Å². The van der Waals surface area contributed by atoms with E-state index in [9.17, 15) is 0 Å². The van der Waals surface area contributed by atoms with Gasteiger partial charge < -0.3 is 10.8 Å². The Morgan fingerprint density at radius 3 is 2.81 bits per heavy atom. The Morgan fingerprint density at radius 1 is 1.44 bits per heavy atom. The molecule has 1 atom stereocenters. The topological polar surface area (TPSA) is 46.2 Å². The number of hydrogen-bond acceptors (Lipinski definition) is 3. The highest BCUT2D eigenvalue weighted by atomic mass is 32.2. The fraction of sp³-hybridized carbons (Fsp3) is 0.538. The smallest absolute Gasteiger partial charge is 0.0608 e. The summed E-state index contributed by atoms with van der Waals surface area (Å²) < 4.78 is 0. The molecule has 0 heterocycles. The van der Waals surface area contributed by atoms with E-state index in [-0.39, 0.29) is 6.61 Å². The molecule has 0 aliphatic carbocycles. The molecule has 0 saturated heterocycles. The highest BCUT2D eigenvalue weighted by Gasteiger charge is 2.15. The molecular weight excluding hydrogens is 218 g/mol. The van der Waals surface area contributed by atoms with Crippen LogP contribution >= 0.6 is 11.8 Å². The first-order valence-corrected chi connectivity index (χ1v) is 6.61. The van der Waals surface area contributed by atoms with Gasteiger partial charge in [0.05, 0.1) is 6.61 Å². The van der Waals surface area contributed by atoms with Gasteiger partial charge in [-0.25, -0.2) is 0 Å². The summed E-state index contributed by atoms with van der Waals surface area (Å²) in [5.74, 6) is 1.05. The van der Waals surface area contributed by atoms with Crippen molar-refractivity contribution in [3.8, 4) is 0 Å². The van der Waals surface area contributed by atoms with Crippen LogP contribution in [0.4, 0.5) is 0 Å².